The third-order valence-electron chi connectivity index (χ3n) is 2.72. The van der Waals surface area contributed by atoms with Gasteiger partial charge in [0.15, 0.2) is 0 Å². The average molecular weight is 280 g/mol. The fourth-order valence-electron chi connectivity index (χ4n) is 1.75. The van der Waals surface area contributed by atoms with Gasteiger partial charge in [-0.2, -0.15) is 12.7 Å². The summed E-state index contributed by atoms with van der Waals surface area (Å²) in [5, 5.41) is 8.48. The number of hydrogen-bond donors (Lipinski definition) is 2. The topological polar surface area (TPSA) is 95.9 Å². The zero-order valence-corrected chi connectivity index (χ0v) is 11.3. The molecule has 1 fully saturated rings. The molecule has 1 aliphatic rings. The van der Waals surface area contributed by atoms with Gasteiger partial charge in [0.1, 0.15) is 6.61 Å². The summed E-state index contributed by atoms with van der Waals surface area (Å²) in [5.41, 5.74) is 0. The van der Waals surface area contributed by atoms with E-state index in [0.29, 0.717) is 32.5 Å². The lowest BCUT2D eigenvalue weighted by Gasteiger charge is -2.30. The van der Waals surface area contributed by atoms with E-state index < -0.39 is 16.2 Å². The molecular formula is C10H20N2O5S. The van der Waals surface area contributed by atoms with E-state index >= 15 is 0 Å². The van der Waals surface area contributed by atoms with Crippen LogP contribution < -0.4 is 4.72 Å². The van der Waals surface area contributed by atoms with Crippen LogP contribution in [-0.4, -0.2) is 56.1 Å². The highest BCUT2D eigenvalue weighted by atomic mass is 32.2. The Morgan fingerprint density at radius 2 is 2.06 bits per heavy atom. The lowest BCUT2D eigenvalue weighted by atomic mass is 10.1. The summed E-state index contributed by atoms with van der Waals surface area (Å²) in [6.45, 7) is 2.73. The number of rotatable bonds is 7. The summed E-state index contributed by atoms with van der Waals surface area (Å²) < 4.78 is 32.6. The lowest BCUT2D eigenvalue weighted by Crippen LogP contribution is -2.46. The molecule has 0 saturated carbocycles. The van der Waals surface area contributed by atoms with Gasteiger partial charge in [-0.3, -0.25) is 0 Å². The van der Waals surface area contributed by atoms with Crippen molar-refractivity contribution in [3.8, 4) is 0 Å². The Morgan fingerprint density at radius 3 is 2.56 bits per heavy atom. The van der Waals surface area contributed by atoms with Crippen LogP contribution in [0.15, 0.2) is 0 Å². The molecule has 0 bridgehead atoms. The van der Waals surface area contributed by atoms with Crippen molar-refractivity contribution in [2.75, 3.05) is 26.2 Å². The van der Waals surface area contributed by atoms with Crippen LogP contribution in [0.4, 0.5) is 0 Å². The van der Waals surface area contributed by atoms with E-state index in [4.69, 9.17) is 9.84 Å². The number of nitrogens with one attached hydrogen (secondary N) is 1. The number of ether oxygens (including phenoxy) is 1. The highest BCUT2D eigenvalue weighted by Crippen LogP contribution is 2.15. The Hall–Kier alpha value is -0.700. The third kappa shape index (κ3) is 4.89. The molecule has 1 aliphatic heterocycles. The van der Waals surface area contributed by atoms with E-state index in [-0.39, 0.29) is 12.7 Å². The molecule has 0 amide bonds. The summed E-state index contributed by atoms with van der Waals surface area (Å²) >= 11 is 0. The van der Waals surface area contributed by atoms with Gasteiger partial charge in [0, 0.05) is 19.6 Å². The lowest BCUT2D eigenvalue weighted by molar-refractivity contribution is -0.145. The van der Waals surface area contributed by atoms with Crippen molar-refractivity contribution < 1.29 is 23.1 Å². The maximum atomic E-state index is 11.8. The minimum absolute atomic E-state index is 0.168. The van der Waals surface area contributed by atoms with E-state index in [9.17, 15) is 13.2 Å². The smallest absolute Gasteiger partial charge is 0.329 e. The predicted molar refractivity (Wildman–Crippen MR) is 65.4 cm³/mol. The monoisotopic (exact) mass is 280 g/mol. The van der Waals surface area contributed by atoms with Gasteiger partial charge in [-0.05, 0) is 19.3 Å². The standard InChI is InChI=1S/C10H20N2O5S/c1-2-5-11-18(15,16)12-6-3-9(4-7-12)17-8-10(13)14/h9,11H,2-8H2,1H3,(H,13,14). The Balaban J connectivity index is 2.36. The Morgan fingerprint density at radius 1 is 1.44 bits per heavy atom. The number of carbonyl (C=O) groups is 1. The fourth-order valence-corrected chi connectivity index (χ4v) is 3.09. The molecule has 1 rings (SSSR count). The van der Waals surface area contributed by atoms with E-state index in [0.717, 1.165) is 6.42 Å². The Bertz CT molecular complexity index is 362. The van der Waals surface area contributed by atoms with Gasteiger partial charge in [0.25, 0.3) is 10.2 Å². The molecule has 0 atom stereocenters. The van der Waals surface area contributed by atoms with Gasteiger partial charge >= 0.3 is 5.97 Å². The second-order valence-corrected chi connectivity index (χ2v) is 5.96. The zero-order valence-electron chi connectivity index (χ0n) is 10.5. The molecule has 2 N–H and O–H groups in total. The van der Waals surface area contributed by atoms with Crippen molar-refractivity contribution in [1.29, 1.82) is 0 Å². The van der Waals surface area contributed by atoms with Crippen LogP contribution in [-0.2, 0) is 19.7 Å². The molecule has 0 aromatic carbocycles. The molecular weight excluding hydrogens is 260 g/mol. The van der Waals surface area contributed by atoms with Crippen molar-refractivity contribution in [3.05, 3.63) is 0 Å². The molecule has 8 heteroatoms. The van der Waals surface area contributed by atoms with Gasteiger partial charge in [0.05, 0.1) is 6.10 Å². The number of aliphatic carboxylic acids is 1. The summed E-state index contributed by atoms with van der Waals surface area (Å²) in [6.07, 6.45) is 1.64. The van der Waals surface area contributed by atoms with Crippen molar-refractivity contribution in [2.24, 2.45) is 0 Å². The first-order valence-electron chi connectivity index (χ1n) is 6.04. The third-order valence-corrected chi connectivity index (χ3v) is 4.33. The summed E-state index contributed by atoms with van der Waals surface area (Å²) in [7, 11) is -3.39. The second kappa shape index (κ2) is 7.03. The fraction of sp³-hybridized carbons (Fsp3) is 0.900. The molecule has 18 heavy (non-hydrogen) atoms. The summed E-state index contributed by atoms with van der Waals surface area (Å²) in [5.74, 6) is -1.00. The minimum atomic E-state index is -3.39. The summed E-state index contributed by atoms with van der Waals surface area (Å²) in [6, 6.07) is 0. The quantitative estimate of drug-likeness (QED) is 0.673. The van der Waals surface area contributed by atoms with Crippen LogP contribution in [0.1, 0.15) is 26.2 Å². The number of carboxylic acid groups (broad SMARTS) is 1. The van der Waals surface area contributed by atoms with Crippen LogP contribution in [0.25, 0.3) is 0 Å². The van der Waals surface area contributed by atoms with Crippen LogP contribution in [0.5, 0.6) is 0 Å². The number of carboxylic acids is 1. The molecule has 7 nitrogen and oxygen atoms in total. The molecule has 0 spiro atoms. The Labute approximate surface area is 107 Å². The van der Waals surface area contributed by atoms with Gasteiger partial charge in [0.2, 0.25) is 0 Å². The highest BCUT2D eigenvalue weighted by Gasteiger charge is 2.28. The molecule has 0 aromatic rings. The van der Waals surface area contributed by atoms with Crippen molar-refractivity contribution in [3.63, 3.8) is 0 Å². The maximum Gasteiger partial charge on any atom is 0.329 e. The normalized spacial score (nSPS) is 18.9. The van der Waals surface area contributed by atoms with Gasteiger partial charge < -0.3 is 9.84 Å². The number of piperidine rings is 1. The van der Waals surface area contributed by atoms with Crippen LogP contribution in [0.3, 0.4) is 0 Å². The molecule has 0 radical (unpaired) electrons. The van der Waals surface area contributed by atoms with E-state index in [2.05, 4.69) is 4.72 Å². The van der Waals surface area contributed by atoms with Crippen LogP contribution in [0.2, 0.25) is 0 Å². The molecule has 0 aliphatic carbocycles. The van der Waals surface area contributed by atoms with Gasteiger partial charge in [-0.25, -0.2) is 9.52 Å². The first kappa shape index (κ1) is 15.4. The number of nitrogens with zero attached hydrogens (tertiary/aromatic N) is 1. The van der Waals surface area contributed by atoms with Crippen LogP contribution >= 0.6 is 0 Å². The molecule has 106 valence electrons. The van der Waals surface area contributed by atoms with E-state index in [1.165, 1.54) is 4.31 Å². The first-order chi connectivity index (χ1) is 8.45. The van der Waals surface area contributed by atoms with Crippen molar-refractivity contribution in [2.45, 2.75) is 32.3 Å². The van der Waals surface area contributed by atoms with E-state index in [1.807, 2.05) is 6.92 Å². The maximum absolute atomic E-state index is 11.8. The SMILES string of the molecule is CCCNS(=O)(=O)N1CCC(OCC(=O)O)CC1. The average Bonchev–Trinajstić information content (AvgIpc) is 2.34. The van der Waals surface area contributed by atoms with Crippen molar-refractivity contribution >= 4 is 16.2 Å². The largest absolute Gasteiger partial charge is 0.480 e. The van der Waals surface area contributed by atoms with Crippen LogP contribution in [0, 0.1) is 0 Å². The van der Waals surface area contributed by atoms with Crippen molar-refractivity contribution in [1.82, 2.24) is 9.03 Å². The first-order valence-corrected chi connectivity index (χ1v) is 7.48. The molecule has 1 heterocycles. The highest BCUT2D eigenvalue weighted by molar-refractivity contribution is 7.87. The predicted octanol–water partition coefficient (Wildman–Crippen LogP) is -0.204. The van der Waals surface area contributed by atoms with E-state index in [1.54, 1.807) is 0 Å². The molecule has 0 aromatic heterocycles. The van der Waals surface area contributed by atoms with Gasteiger partial charge in [-0.1, -0.05) is 6.92 Å². The second-order valence-electron chi connectivity index (χ2n) is 4.20. The zero-order chi connectivity index (χ0) is 13.6. The molecule has 1 saturated heterocycles. The molecule has 0 unspecified atom stereocenters. The minimum Gasteiger partial charge on any atom is -0.480 e. The Kier molecular flexibility index (Phi) is 6.00. The van der Waals surface area contributed by atoms with Gasteiger partial charge in [-0.15, -0.1) is 0 Å². The summed E-state index contributed by atoms with van der Waals surface area (Å²) in [4.78, 5) is 10.3. The number of hydrogen-bond acceptors (Lipinski definition) is 4.